The fraction of sp³-hybridized carbons (Fsp3) is 0.115. The Morgan fingerprint density at radius 1 is 0.889 bits per heavy atom. The lowest BCUT2D eigenvalue weighted by Gasteiger charge is -2.13. The number of carbonyl (C=O) groups excluding carboxylic acids is 2. The Hall–Kier alpha value is -4.73. The molecule has 0 unspecified atom stereocenters. The maximum absolute atomic E-state index is 14.7. The predicted octanol–water partition coefficient (Wildman–Crippen LogP) is 5.21. The van der Waals surface area contributed by atoms with E-state index in [1.165, 1.54) is 44.6 Å². The molecule has 10 heteroatoms. The van der Waals surface area contributed by atoms with Crippen LogP contribution in [0.1, 0.15) is 5.56 Å². The second-order valence-corrected chi connectivity index (χ2v) is 7.55. The molecule has 0 bridgehead atoms. The summed E-state index contributed by atoms with van der Waals surface area (Å²) in [7, 11) is 3.02. The van der Waals surface area contributed by atoms with Crippen molar-refractivity contribution in [1.82, 2.24) is 10.3 Å². The van der Waals surface area contributed by atoms with Crippen molar-refractivity contribution < 1.29 is 32.6 Å². The molecule has 1 heterocycles. The first-order valence-electron chi connectivity index (χ1n) is 10.7. The molecule has 0 fully saturated rings. The number of anilines is 1. The van der Waals surface area contributed by atoms with Crippen molar-refractivity contribution in [3.63, 3.8) is 0 Å². The van der Waals surface area contributed by atoms with Crippen molar-refractivity contribution in [3.05, 3.63) is 84.1 Å². The number of aromatic nitrogens is 1. The molecule has 1 aromatic heterocycles. The lowest BCUT2D eigenvalue weighted by molar-refractivity contribution is -0.119. The number of amides is 3. The zero-order valence-electron chi connectivity index (χ0n) is 19.3. The number of rotatable bonds is 7. The number of imide groups is 1. The van der Waals surface area contributed by atoms with Crippen LogP contribution in [-0.4, -0.2) is 31.1 Å². The van der Waals surface area contributed by atoms with E-state index >= 15 is 0 Å². The molecule has 0 saturated heterocycles. The van der Waals surface area contributed by atoms with Gasteiger partial charge in [0.25, 0.3) is 0 Å². The fourth-order valence-corrected chi connectivity index (χ4v) is 3.46. The van der Waals surface area contributed by atoms with Crippen LogP contribution in [-0.2, 0) is 11.2 Å². The van der Waals surface area contributed by atoms with Gasteiger partial charge < -0.3 is 19.5 Å². The standard InChI is InChI=1S/C26H21F2N3O5/c1-34-23-13-17-21(14-24(23)35-2)29-10-9-22(17)36-16-7-8-20(19(28)12-16)30-26(33)31-25(32)11-15-5-3-4-6-18(15)27/h3-10,12-14H,11H2,1-2H3,(H2,30,31,32,33). The van der Waals surface area contributed by atoms with Gasteiger partial charge in [-0.15, -0.1) is 0 Å². The van der Waals surface area contributed by atoms with Gasteiger partial charge in [-0.1, -0.05) is 18.2 Å². The number of halogens is 2. The summed E-state index contributed by atoms with van der Waals surface area (Å²) >= 11 is 0. The number of ether oxygens (including phenoxy) is 3. The second kappa shape index (κ2) is 10.7. The van der Waals surface area contributed by atoms with Crippen LogP contribution in [0.15, 0.2) is 66.9 Å². The molecule has 0 aliphatic rings. The molecule has 0 radical (unpaired) electrons. The highest BCUT2D eigenvalue weighted by Gasteiger charge is 2.15. The first-order chi connectivity index (χ1) is 17.4. The highest BCUT2D eigenvalue weighted by Crippen LogP contribution is 2.37. The van der Waals surface area contributed by atoms with Crippen molar-refractivity contribution in [1.29, 1.82) is 0 Å². The van der Waals surface area contributed by atoms with Crippen LogP contribution in [0.5, 0.6) is 23.0 Å². The fourth-order valence-electron chi connectivity index (χ4n) is 3.46. The Kier molecular flexibility index (Phi) is 7.24. The minimum atomic E-state index is -0.954. The average molecular weight is 493 g/mol. The predicted molar refractivity (Wildman–Crippen MR) is 129 cm³/mol. The van der Waals surface area contributed by atoms with Gasteiger partial charge in [-0.05, 0) is 35.9 Å². The van der Waals surface area contributed by atoms with Crippen LogP contribution in [0, 0.1) is 11.6 Å². The number of methoxy groups -OCH3 is 2. The van der Waals surface area contributed by atoms with E-state index in [9.17, 15) is 18.4 Å². The Morgan fingerprint density at radius 2 is 1.64 bits per heavy atom. The number of hydrogen-bond acceptors (Lipinski definition) is 6. The summed E-state index contributed by atoms with van der Waals surface area (Å²) in [6.45, 7) is 0. The number of fused-ring (bicyclic) bond motifs is 1. The minimum absolute atomic E-state index is 0.134. The highest BCUT2D eigenvalue weighted by molar-refractivity contribution is 6.01. The van der Waals surface area contributed by atoms with Crippen LogP contribution < -0.4 is 24.8 Å². The Balaban J connectivity index is 1.45. The zero-order chi connectivity index (χ0) is 25.7. The van der Waals surface area contributed by atoms with Gasteiger partial charge in [-0.2, -0.15) is 0 Å². The second-order valence-electron chi connectivity index (χ2n) is 7.55. The molecule has 4 aromatic rings. The Labute approximate surface area is 204 Å². The lowest BCUT2D eigenvalue weighted by Crippen LogP contribution is -2.35. The molecule has 0 aliphatic heterocycles. The van der Waals surface area contributed by atoms with Crippen molar-refractivity contribution in [2.24, 2.45) is 0 Å². The van der Waals surface area contributed by atoms with E-state index in [1.807, 2.05) is 5.32 Å². The van der Waals surface area contributed by atoms with E-state index in [0.717, 1.165) is 6.07 Å². The van der Waals surface area contributed by atoms with E-state index in [-0.39, 0.29) is 23.4 Å². The normalized spacial score (nSPS) is 10.6. The Morgan fingerprint density at radius 3 is 2.36 bits per heavy atom. The molecule has 0 aliphatic carbocycles. The van der Waals surface area contributed by atoms with Gasteiger partial charge in [0, 0.05) is 23.7 Å². The van der Waals surface area contributed by atoms with Gasteiger partial charge in [0.2, 0.25) is 5.91 Å². The smallest absolute Gasteiger partial charge is 0.325 e. The zero-order valence-corrected chi connectivity index (χ0v) is 19.3. The van der Waals surface area contributed by atoms with Crippen LogP contribution in [0.2, 0.25) is 0 Å². The van der Waals surface area contributed by atoms with Gasteiger partial charge >= 0.3 is 6.03 Å². The molecule has 2 N–H and O–H groups in total. The summed E-state index contributed by atoms with van der Waals surface area (Å²) in [5, 5.41) is 4.91. The molecular weight excluding hydrogens is 472 g/mol. The number of benzene rings is 3. The first-order valence-corrected chi connectivity index (χ1v) is 10.7. The topological polar surface area (TPSA) is 98.8 Å². The number of carbonyl (C=O) groups is 2. The lowest BCUT2D eigenvalue weighted by atomic mass is 10.1. The van der Waals surface area contributed by atoms with Crippen LogP contribution >= 0.6 is 0 Å². The summed E-state index contributed by atoms with van der Waals surface area (Å²) < 4.78 is 44.8. The summed E-state index contributed by atoms with van der Waals surface area (Å²) in [6, 6.07) is 13.6. The summed E-state index contributed by atoms with van der Waals surface area (Å²) in [6.07, 6.45) is 1.20. The van der Waals surface area contributed by atoms with Crippen molar-refractivity contribution >= 4 is 28.5 Å². The maximum Gasteiger partial charge on any atom is 0.325 e. The number of hydrogen-bond donors (Lipinski definition) is 2. The number of pyridine rings is 1. The highest BCUT2D eigenvalue weighted by atomic mass is 19.1. The van der Waals surface area contributed by atoms with Crippen molar-refractivity contribution in [2.45, 2.75) is 6.42 Å². The molecule has 0 saturated carbocycles. The van der Waals surface area contributed by atoms with Gasteiger partial charge in [-0.3, -0.25) is 15.1 Å². The number of nitrogens with one attached hydrogen (secondary N) is 2. The molecule has 36 heavy (non-hydrogen) atoms. The third kappa shape index (κ3) is 5.49. The number of urea groups is 1. The maximum atomic E-state index is 14.7. The average Bonchev–Trinajstić information content (AvgIpc) is 2.86. The molecule has 4 rings (SSSR count). The molecule has 3 aromatic carbocycles. The third-order valence-corrected chi connectivity index (χ3v) is 5.19. The largest absolute Gasteiger partial charge is 0.493 e. The third-order valence-electron chi connectivity index (χ3n) is 5.19. The van der Waals surface area contributed by atoms with Crippen molar-refractivity contribution in [3.8, 4) is 23.0 Å². The molecule has 0 spiro atoms. The van der Waals surface area contributed by atoms with Crippen LogP contribution in [0.4, 0.5) is 19.3 Å². The van der Waals surface area contributed by atoms with Gasteiger partial charge in [0.05, 0.1) is 31.8 Å². The van der Waals surface area contributed by atoms with Gasteiger partial charge in [0.1, 0.15) is 23.1 Å². The SMILES string of the molecule is COc1cc2nccc(Oc3ccc(NC(=O)NC(=O)Cc4ccccc4F)c(F)c3)c2cc1OC. The monoisotopic (exact) mass is 493 g/mol. The number of nitrogens with zero attached hydrogens (tertiary/aromatic N) is 1. The molecular formula is C26H21F2N3O5. The van der Waals surface area contributed by atoms with E-state index < -0.39 is 23.6 Å². The van der Waals surface area contributed by atoms with Crippen LogP contribution in [0.3, 0.4) is 0 Å². The molecule has 3 amide bonds. The first kappa shape index (κ1) is 24.4. The van der Waals surface area contributed by atoms with E-state index in [0.29, 0.717) is 28.2 Å². The van der Waals surface area contributed by atoms with E-state index in [2.05, 4.69) is 10.3 Å². The summed E-state index contributed by atoms with van der Waals surface area (Å²) in [4.78, 5) is 28.4. The summed E-state index contributed by atoms with van der Waals surface area (Å²) in [5.41, 5.74) is 0.542. The van der Waals surface area contributed by atoms with Crippen molar-refractivity contribution in [2.75, 3.05) is 19.5 Å². The molecule has 184 valence electrons. The van der Waals surface area contributed by atoms with Gasteiger partial charge in [-0.25, -0.2) is 13.6 Å². The minimum Gasteiger partial charge on any atom is -0.493 e. The van der Waals surface area contributed by atoms with E-state index in [1.54, 1.807) is 30.5 Å². The Bertz CT molecular complexity index is 1440. The molecule has 0 atom stereocenters. The quantitative estimate of drug-likeness (QED) is 0.367. The van der Waals surface area contributed by atoms with Crippen LogP contribution in [0.25, 0.3) is 10.9 Å². The molecule has 8 nitrogen and oxygen atoms in total. The van der Waals surface area contributed by atoms with Gasteiger partial charge in [0.15, 0.2) is 11.5 Å². The van der Waals surface area contributed by atoms with E-state index in [4.69, 9.17) is 14.2 Å². The summed E-state index contributed by atoms with van der Waals surface area (Å²) in [5.74, 6) is -0.550.